The lowest BCUT2D eigenvalue weighted by Crippen LogP contribution is -2.19. The van der Waals surface area contributed by atoms with Gasteiger partial charge in [-0.3, -0.25) is 9.59 Å². The van der Waals surface area contributed by atoms with Gasteiger partial charge >= 0.3 is 0 Å². The molecule has 4 aromatic rings. The number of carbonyl (C=O) groups is 2. The number of halogens is 2. The van der Waals surface area contributed by atoms with Crippen molar-refractivity contribution >= 4 is 69.1 Å². The lowest BCUT2D eigenvalue weighted by molar-refractivity contribution is -0.115. The zero-order valence-corrected chi connectivity index (χ0v) is 21.6. The molecule has 1 unspecified atom stereocenters. The van der Waals surface area contributed by atoms with E-state index in [4.69, 9.17) is 11.6 Å². The highest BCUT2D eigenvalue weighted by Crippen LogP contribution is 2.36. The molecule has 0 aliphatic heterocycles. The molecule has 0 bridgehead atoms. The van der Waals surface area contributed by atoms with Crippen molar-refractivity contribution in [2.24, 2.45) is 0 Å². The van der Waals surface area contributed by atoms with Crippen molar-refractivity contribution in [1.82, 2.24) is 0 Å². The van der Waals surface area contributed by atoms with E-state index in [0.29, 0.717) is 16.3 Å². The van der Waals surface area contributed by atoms with E-state index in [1.54, 1.807) is 24.3 Å². The first kappa shape index (κ1) is 24.3. The van der Waals surface area contributed by atoms with Crippen LogP contribution in [-0.2, 0) is 4.79 Å². The molecular formula is C27H20ClIN2O2S. The summed E-state index contributed by atoms with van der Waals surface area (Å²) in [6, 6.07) is 31.6. The number of amides is 2. The average molecular weight is 599 g/mol. The minimum atomic E-state index is -0.438. The quantitative estimate of drug-likeness (QED) is 0.170. The Kier molecular flexibility index (Phi) is 8.26. The molecular weight excluding hydrogens is 579 g/mol. The first-order chi connectivity index (χ1) is 16.5. The van der Waals surface area contributed by atoms with Gasteiger partial charge in [-0.2, -0.15) is 0 Å². The molecule has 2 N–H and O–H groups in total. The van der Waals surface area contributed by atoms with Gasteiger partial charge in [0, 0.05) is 30.4 Å². The zero-order valence-electron chi connectivity index (χ0n) is 17.9. The van der Waals surface area contributed by atoms with Crippen LogP contribution in [0, 0.1) is 3.57 Å². The summed E-state index contributed by atoms with van der Waals surface area (Å²) >= 11 is 9.67. The predicted molar refractivity (Wildman–Crippen MR) is 149 cm³/mol. The maximum atomic E-state index is 13.2. The largest absolute Gasteiger partial charge is 0.325 e. The summed E-state index contributed by atoms with van der Waals surface area (Å²) in [6.45, 7) is 0. The van der Waals surface area contributed by atoms with Crippen LogP contribution < -0.4 is 10.6 Å². The number of rotatable bonds is 7. The normalized spacial score (nSPS) is 11.5. The Morgan fingerprint density at radius 2 is 1.41 bits per heavy atom. The van der Waals surface area contributed by atoms with Crippen LogP contribution in [0.1, 0.15) is 21.2 Å². The van der Waals surface area contributed by atoms with E-state index in [9.17, 15) is 9.59 Å². The van der Waals surface area contributed by atoms with Crippen LogP contribution in [0.5, 0.6) is 0 Å². The molecule has 4 nitrogen and oxygen atoms in total. The van der Waals surface area contributed by atoms with Gasteiger partial charge in [-0.1, -0.05) is 48.0 Å². The van der Waals surface area contributed by atoms with E-state index in [0.717, 1.165) is 19.7 Å². The summed E-state index contributed by atoms with van der Waals surface area (Å²) in [7, 11) is 0. The lowest BCUT2D eigenvalue weighted by atomic mass is 10.1. The number of carbonyl (C=O) groups excluding carboxylic acids is 2. The Hall–Kier alpha value is -2.81. The molecule has 0 saturated carbocycles. The second-order valence-electron chi connectivity index (χ2n) is 7.39. The molecule has 0 radical (unpaired) electrons. The summed E-state index contributed by atoms with van der Waals surface area (Å²) in [5.74, 6) is -0.335. The number of thioether (sulfide) groups is 1. The number of anilines is 2. The molecule has 0 saturated heterocycles. The van der Waals surface area contributed by atoms with E-state index in [2.05, 4.69) is 33.2 Å². The van der Waals surface area contributed by atoms with Crippen molar-refractivity contribution in [3.8, 4) is 0 Å². The molecule has 0 spiro atoms. The van der Waals surface area contributed by atoms with Gasteiger partial charge < -0.3 is 10.6 Å². The van der Waals surface area contributed by atoms with Gasteiger partial charge in [0.15, 0.2) is 0 Å². The van der Waals surface area contributed by atoms with E-state index in [-0.39, 0.29) is 11.8 Å². The second kappa shape index (κ2) is 11.6. The van der Waals surface area contributed by atoms with Gasteiger partial charge in [-0.25, -0.2) is 0 Å². The topological polar surface area (TPSA) is 58.2 Å². The van der Waals surface area contributed by atoms with Crippen molar-refractivity contribution in [2.45, 2.75) is 10.1 Å². The third kappa shape index (κ3) is 6.62. The summed E-state index contributed by atoms with van der Waals surface area (Å²) < 4.78 is 1.10. The molecule has 34 heavy (non-hydrogen) atoms. The molecule has 0 aliphatic carbocycles. The van der Waals surface area contributed by atoms with Crippen LogP contribution in [0.4, 0.5) is 11.4 Å². The third-order valence-electron chi connectivity index (χ3n) is 4.91. The maximum Gasteiger partial charge on any atom is 0.255 e. The fraction of sp³-hybridized carbons (Fsp3) is 0.0370. The fourth-order valence-electron chi connectivity index (χ4n) is 3.23. The first-order valence-electron chi connectivity index (χ1n) is 10.4. The summed E-state index contributed by atoms with van der Waals surface area (Å²) in [5, 5.41) is 5.96. The van der Waals surface area contributed by atoms with Gasteiger partial charge in [-0.05, 0) is 94.9 Å². The number of hydrogen-bond acceptors (Lipinski definition) is 3. The Morgan fingerprint density at radius 3 is 2.09 bits per heavy atom. The monoisotopic (exact) mass is 598 g/mol. The molecule has 1 atom stereocenters. The number of hydrogen-bond donors (Lipinski definition) is 2. The minimum absolute atomic E-state index is 0.101. The van der Waals surface area contributed by atoms with Crippen molar-refractivity contribution < 1.29 is 9.59 Å². The molecule has 4 aromatic carbocycles. The Bertz CT molecular complexity index is 1280. The highest BCUT2D eigenvalue weighted by Gasteiger charge is 2.22. The lowest BCUT2D eigenvalue weighted by Gasteiger charge is -2.17. The van der Waals surface area contributed by atoms with Crippen LogP contribution in [0.15, 0.2) is 108 Å². The Labute approximate surface area is 221 Å². The van der Waals surface area contributed by atoms with Gasteiger partial charge in [0.25, 0.3) is 5.91 Å². The van der Waals surface area contributed by atoms with Gasteiger partial charge in [0.2, 0.25) is 5.91 Å². The highest BCUT2D eigenvalue weighted by atomic mass is 127. The van der Waals surface area contributed by atoms with E-state index in [1.165, 1.54) is 11.8 Å². The van der Waals surface area contributed by atoms with E-state index in [1.807, 2.05) is 78.9 Å². The highest BCUT2D eigenvalue weighted by molar-refractivity contribution is 14.1. The standard InChI is InChI=1S/C27H20ClIN2O2S/c28-20-8-4-7-19(17-20)26(32)30-23-13-15-24(16-14-23)34-25(18-5-2-1-3-6-18)27(33)31-22-11-9-21(29)10-12-22/h1-17,25H,(H,30,32)(H,31,33). The molecule has 170 valence electrons. The van der Waals surface area contributed by atoms with Crippen molar-refractivity contribution in [2.75, 3.05) is 10.6 Å². The zero-order chi connectivity index (χ0) is 23.9. The van der Waals surface area contributed by atoms with Gasteiger partial charge in [-0.15, -0.1) is 11.8 Å². The van der Waals surface area contributed by atoms with Crippen molar-refractivity contribution in [3.05, 3.63) is 123 Å². The molecule has 4 rings (SSSR count). The molecule has 0 fully saturated rings. The molecule has 0 heterocycles. The van der Waals surface area contributed by atoms with Gasteiger partial charge in [0.05, 0.1) is 0 Å². The Morgan fingerprint density at radius 1 is 0.765 bits per heavy atom. The second-order valence-corrected chi connectivity index (χ2v) is 10.3. The van der Waals surface area contributed by atoms with E-state index >= 15 is 0 Å². The third-order valence-corrected chi connectivity index (χ3v) is 7.13. The molecule has 0 aromatic heterocycles. The van der Waals surface area contributed by atoms with Crippen LogP contribution in [-0.4, -0.2) is 11.8 Å². The maximum absolute atomic E-state index is 13.2. The Balaban J connectivity index is 1.48. The van der Waals surface area contributed by atoms with Crippen LogP contribution in [0.3, 0.4) is 0 Å². The van der Waals surface area contributed by atoms with Gasteiger partial charge in [0.1, 0.15) is 5.25 Å². The molecule has 2 amide bonds. The number of nitrogens with one attached hydrogen (secondary N) is 2. The van der Waals surface area contributed by atoms with Crippen LogP contribution in [0.25, 0.3) is 0 Å². The predicted octanol–water partition coefficient (Wildman–Crippen LogP) is 7.67. The molecule has 7 heteroatoms. The summed E-state index contributed by atoms with van der Waals surface area (Å²) in [6.07, 6.45) is 0. The van der Waals surface area contributed by atoms with Crippen LogP contribution >= 0.6 is 46.0 Å². The summed E-state index contributed by atoms with van der Waals surface area (Å²) in [5.41, 5.74) is 2.82. The summed E-state index contributed by atoms with van der Waals surface area (Å²) in [4.78, 5) is 26.6. The first-order valence-corrected chi connectivity index (χ1v) is 12.8. The molecule has 0 aliphatic rings. The number of benzene rings is 4. The SMILES string of the molecule is O=C(Nc1ccc(SC(C(=O)Nc2ccc(I)cc2)c2ccccc2)cc1)c1cccc(Cl)c1. The minimum Gasteiger partial charge on any atom is -0.325 e. The van der Waals surface area contributed by atoms with Crippen LogP contribution in [0.2, 0.25) is 5.02 Å². The fourth-order valence-corrected chi connectivity index (χ4v) is 4.80. The van der Waals surface area contributed by atoms with Crippen molar-refractivity contribution in [3.63, 3.8) is 0 Å². The smallest absolute Gasteiger partial charge is 0.255 e. The van der Waals surface area contributed by atoms with E-state index < -0.39 is 5.25 Å². The van der Waals surface area contributed by atoms with Crippen molar-refractivity contribution in [1.29, 1.82) is 0 Å². The average Bonchev–Trinajstić information content (AvgIpc) is 2.85.